The molecule has 0 saturated carbocycles. The molecule has 10 nitrogen and oxygen atoms in total. The van der Waals surface area contributed by atoms with Crippen LogP contribution in [0.3, 0.4) is 0 Å². The molecule has 0 saturated heterocycles. The highest BCUT2D eigenvalue weighted by molar-refractivity contribution is 7.20. The number of rotatable bonds is 12. The maximum atomic E-state index is 5.79. The van der Waals surface area contributed by atoms with Crippen LogP contribution in [0.15, 0.2) is 345 Å². The second kappa shape index (κ2) is 21.8. The van der Waals surface area contributed by atoms with E-state index in [0.29, 0.717) is 23.5 Å². The van der Waals surface area contributed by atoms with Gasteiger partial charge in [-0.15, -0.1) is 0 Å². The van der Waals surface area contributed by atoms with Crippen molar-refractivity contribution in [2.24, 2.45) is 4.99 Å². The zero-order valence-electron chi connectivity index (χ0n) is 51.5. The van der Waals surface area contributed by atoms with Gasteiger partial charge < -0.3 is 9.47 Å². The molecule has 0 fully saturated rings. The molecule has 0 amide bonds. The average Bonchev–Trinajstić information content (AvgIpc) is 1.64. The van der Waals surface area contributed by atoms with E-state index in [4.69, 9.17) is 24.9 Å². The van der Waals surface area contributed by atoms with Crippen LogP contribution in [-0.4, -0.2) is 67.7 Å². The van der Waals surface area contributed by atoms with Crippen molar-refractivity contribution < 1.29 is 0 Å². The number of allylic oxidation sites excluding steroid dienone is 2. The van der Waals surface area contributed by atoms with Gasteiger partial charge >= 0.3 is 0 Å². The zero-order valence-corrected chi connectivity index (χ0v) is 53.5. The van der Waals surface area contributed by atoms with Crippen molar-refractivity contribution in [3.05, 3.63) is 340 Å². The van der Waals surface area contributed by atoms with Crippen LogP contribution in [0.25, 0.3) is 72.7 Å². The Balaban J connectivity index is 0.880. The number of para-hydroxylation sites is 4. The molecule has 0 bridgehead atoms. The highest BCUT2D eigenvalue weighted by Gasteiger charge is 2.49. The van der Waals surface area contributed by atoms with E-state index >= 15 is 0 Å². The van der Waals surface area contributed by atoms with Crippen LogP contribution in [0.4, 0.5) is 17.3 Å². The second-order valence-corrected chi connectivity index (χ2v) is 32.4. The molecule has 0 spiro atoms. The summed E-state index contributed by atoms with van der Waals surface area (Å²) in [6.07, 6.45) is 8.77. The van der Waals surface area contributed by atoms with E-state index in [9.17, 15) is 0 Å². The maximum Gasteiger partial charge on any atom is 0.242 e. The summed E-state index contributed by atoms with van der Waals surface area (Å²) >= 11 is 0. The van der Waals surface area contributed by atoms with E-state index in [1.807, 2.05) is 0 Å². The number of anilines is 3. The summed E-state index contributed by atoms with van der Waals surface area (Å²) in [6, 6.07) is 115. The Bertz CT molecular complexity index is 5520. The van der Waals surface area contributed by atoms with Crippen molar-refractivity contribution in [2.75, 3.05) is 9.80 Å². The Labute approximate surface area is 550 Å². The fourth-order valence-electron chi connectivity index (χ4n) is 15.8. The first-order chi connectivity index (χ1) is 47.1. The van der Waals surface area contributed by atoms with Gasteiger partial charge in [-0.3, -0.25) is 4.40 Å². The fraction of sp³-hybridized carbons (Fsp3) is 0.0241. The number of hydrogen-bond acceptors (Lipinski definition) is 7. The molecule has 0 radical (unpaired) electrons. The highest BCUT2D eigenvalue weighted by atomic mass is 28.3. The van der Waals surface area contributed by atoms with Gasteiger partial charge in [0.05, 0.1) is 56.6 Å². The van der Waals surface area contributed by atoms with E-state index in [1.165, 1.54) is 52.3 Å². The number of imidazole rings is 2. The summed E-state index contributed by atoms with van der Waals surface area (Å²) in [5.41, 5.74) is 9.73. The third-order valence-electron chi connectivity index (χ3n) is 19.8. The van der Waals surface area contributed by atoms with Crippen LogP contribution in [-0.2, 0) is 0 Å². The van der Waals surface area contributed by atoms with Gasteiger partial charge in [-0.2, -0.15) is 15.0 Å². The van der Waals surface area contributed by atoms with Crippen molar-refractivity contribution in [2.45, 2.75) is 12.1 Å². The van der Waals surface area contributed by atoms with Gasteiger partial charge in [0.1, 0.15) is 0 Å². The largest absolute Gasteiger partial charge is 0.309 e. The molecule has 2 aliphatic heterocycles. The third-order valence-corrected chi connectivity index (χ3v) is 29.3. The third kappa shape index (κ3) is 8.24. The number of guanidine groups is 1. The van der Waals surface area contributed by atoms with Crippen LogP contribution in [0.2, 0.25) is 0 Å². The van der Waals surface area contributed by atoms with Gasteiger partial charge in [0.15, 0.2) is 22.0 Å². The molecular formula is C83H58N10Si2. The first kappa shape index (κ1) is 54.6. The lowest BCUT2D eigenvalue weighted by Gasteiger charge is -2.35. The summed E-state index contributed by atoms with van der Waals surface area (Å²) in [5, 5.41) is 12.6. The number of hydrogen-bond donors (Lipinski definition) is 0. The SMILES string of the molecule is C1=CC2N=C3N(c4nc(-c5cccc(-n6c7ccccc7c7ccccc76)c5)nc(-n5c6ccc([Si](c7ccccc7)(c7ccccc7)c7ccccc7)cc6n6c7ccccc7nc56)n4)c4ccc([Si](c5ccccc5)(c5ccccc5)c5ccccc5)cc4N3C2C=C1. The van der Waals surface area contributed by atoms with E-state index in [-0.39, 0.29) is 12.1 Å². The van der Waals surface area contributed by atoms with E-state index in [2.05, 4.69) is 363 Å². The number of aromatic nitrogens is 7. The topological polar surface area (TPSA) is 84.7 Å². The molecule has 95 heavy (non-hydrogen) atoms. The summed E-state index contributed by atoms with van der Waals surface area (Å²) in [6.45, 7) is 0. The summed E-state index contributed by atoms with van der Waals surface area (Å²) in [7, 11) is -6.02. The lowest BCUT2D eigenvalue weighted by molar-refractivity contribution is 0.741. The number of benzene rings is 12. The van der Waals surface area contributed by atoms with E-state index in [0.717, 1.165) is 61.7 Å². The highest BCUT2D eigenvalue weighted by Crippen LogP contribution is 2.47. The van der Waals surface area contributed by atoms with Crippen molar-refractivity contribution in [3.63, 3.8) is 0 Å². The van der Waals surface area contributed by atoms with Crippen LogP contribution >= 0.6 is 0 Å². The van der Waals surface area contributed by atoms with Crippen molar-refractivity contribution in [1.82, 2.24) is 33.5 Å². The molecule has 16 aromatic rings. The van der Waals surface area contributed by atoms with Gasteiger partial charge in [-0.1, -0.05) is 279 Å². The standard InChI is InChI=1S/C83H58N10Si2/c1-7-30-59(31-8-1)94(60-32-9-2-10-33-60,61-34-11-3-12-35-61)65-50-52-75-77(55-65)90-73-48-25-21-44-69(73)84-82(90)92(75)80-86-79(57-28-27-29-58(54-57)89-71-46-23-19-42-67(71)68-43-20-24-47-72(68)89)87-81(88-80)93-76-53-51-66(56-78(76)91-74-49-26-22-45-70(74)85-83(91)93)95(62-36-13-4-14-37-62,63-38-15-5-16-39-63)64-40-17-6-18-41-64/h1-56,69,73H. The molecule has 12 heteroatoms. The van der Waals surface area contributed by atoms with E-state index in [1.54, 1.807) is 0 Å². The molecule has 4 aromatic heterocycles. The van der Waals surface area contributed by atoms with Crippen LogP contribution in [0.1, 0.15) is 0 Å². The summed E-state index contributed by atoms with van der Waals surface area (Å²) in [5.74, 6) is 2.79. The lowest BCUT2D eigenvalue weighted by Crippen LogP contribution is -2.74. The monoisotopic (exact) mass is 1250 g/mol. The molecule has 3 aliphatic rings. The first-order valence-electron chi connectivity index (χ1n) is 32.4. The van der Waals surface area contributed by atoms with Gasteiger partial charge in [-0.05, 0) is 102 Å². The smallest absolute Gasteiger partial charge is 0.242 e. The maximum absolute atomic E-state index is 5.79. The molecule has 448 valence electrons. The van der Waals surface area contributed by atoms with Crippen molar-refractivity contribution in [1.29, 1.82) is 0 Å². The number of fused-ring (bicyclic) bond motifs is 13. The Morgan fingerprint density at radius 1 is 0.326 bits per heavy atom. The van der Waals surface area contributed by atoms with Gasteiger partial charge in [0, 0.05) is 22.0 Å². The molecule has 1 aliphatic carbocycles. The molecule has 6 heterocycles. The molecular weight excluding hydrogens is 1190 g/mol. The molecule has 2 atom stereocenters. The second-order valence-electron chi connectivity index (χ2n) is 24.7. The minimum absolute atomic E-state index is 0.100. The fourth-order valence-corrected chi connectivity index (χ4v) is 25.3. The minimum Gasteiger partial charge on any atom is -0.309 e. The zero-order chi connectivity index (χ0) is 62.6. The Morgan fingerprint density at radius 3 is 1.40 bits per heavy atom. The Morgan fingerprint density at radius 2 is 0.821 bits per heavy atom. The van der Waals surface area contributed by atoms with Gasteiger partial charge in [0.25, 0.3) is 0 Å². The lowest BCUT2D eigenvalue weighted by atomic mass is 10.0. The number of aliphatic imine (C=N–C) groups is 1. The summed E-state index contributed by atoms with van der Waals surface area (Å²) in [4.78, 5) is 33.0. The van der Waals surface area contributed by atoms with Crippen molar-refractivity contribution in [3.8, 4) is 23.0 Å². The molecule has 0 N–H and O–H groups in total. The Kier molecular flexibility index (Phi) is 12.5. The normalized spacial score (nSPS) is 15.1. The summed E-state index contributed by atoms with van der Waals surface area (Å²) < 4.78 is 6.81. The quantitative estimate of drug-likeness (QED) is 0.0895. The van der Waals surface area contributed by atoms with Gasteiger partial charge in [-0.25, -0.2) is 19.4 Å². The van der Waals surface area contributed by atoms with Crippen LogP contribution in [0.5, 0.6) is 0 Å². The predicted octanol–water partition coefficient (Wildman–Crippen LogP) is 12.3. The van der Waals surface area contributed by atoms with E-state index < -0.39 is 16.1 Å². The first-order valence-corrected chi connectivity index (χ1v) is 36.4. The number of nitrogens with zero attached hydrogens (tertiary/aromatic N) is 10. The molecule has 2 unspecified atom stereocenters. The van der Waals surface area contributed by atoms with Gasteiger partial charge in [0.2, 0.25) is 23.6 Å². The predicted molar refractivity (Wildman–Crippen MR) is 394 cm³/mol. The van der Waals surface area contributed by atoms with Crippen molar-refractivity contribution >= 4 is 131 Å². The molecule has 19 rings (SSSR count). The van der Waals surface area contributed by atoms with Crippen LogP contribution < -0.4 is 51.3 Å². The van der Waals surface area contributed by atoms with Crippen LogP contribution in [0, 0.1) is 0 Å². The Hall–Kier alpha value is -12.1. The average molecular weight is 1250 g/mol. The minimum atomic E-state index is -3.02. The molecule has 12 aromatic carbocycles.